The van der Waals surface area contributed by atoms with Crippen LogP contribution in [0.3, 0.4) is 0 Å². The minimum absolute atomic E-state index is 0.0110. The van der Waals surface area contributed by atoms with Crippen molar-refractivity contribution in [2.45, 2.75) is 23.8 Å². The van der Waals surface area contributed by atoms with Crippen LogP contribution in [-0.4, -0.2) is 20.4 Å². The largest absolute Gasteiger partial charge is 0.545 e. The number of nitrogens with one attached hydrogen (secondary N) is 1. The molecule has 0 heterocycles. The molecule has 0 spiro atoms. The highest BCUT2D eigenvalue weighted by Gasteiger charge is 2.29. The van der Waals surface area contributed by atoms with Crippen LogP contribution in [0.5, 0.6) is 0 Å². The Kier molecular flexibility index (Phi) is 3.11. The zero-order valence-electron chi connectivity index (χ0n) is 8.64. The van der Waals surface area contributed by atoms with Gasteiger partial charge in [0.15, 0.2) is 0 Å². The summed E-state index contributed by atoms with van der Waals surface area (Å²) in [4.78, 5) is 10.4. The average Bonchev–Trinajstić information content (AvgIpc) is 3.00. The Bertz CT molecular complexity index is 566. The average molecular weight is 275 g/mol. The lowest BCUT2D eigenvalue weighted by Crippen LogP contribution is -2.27. The molecule has 5 nitrogen and oxygen atoms in total. The van der Waals surface area contributed by atoms with Crippen molar-refractivity contribution in [1.29, 1.82) is 0 Å². The molecule has 0 unspecified atom stereocenters. The number of hydrogen-bond acceptors (Lipinski definition) is 4. The maximum Gasteiger partial charge on any atom is 0.242 e. The van der Waals surface area contributed by atoms with Crippen molar-refractivity contribution in [2.24, 2.45) is 0 Å². The van der Waals surface area contributed by atoms with Gasteiger partial charge in [-0.2, -0.15) is 0 Å². The maximum absolute atomic E-state index is 11.9. The molecule has 0 aromatic heterocycles. The quantitative estimate of drug-likeness (QED) is 0.846. The molecule has 1 fully saturated rings. The second-order valence-electron chi connectivity index (χ2n) is 3.83. The number of carboxylic acid groups (broad SMARTS) is 1. The molecule has 0 radical (unpaired) electrons. The van der Waals surface area contributed by atoms with Gasteiger partial charge in [0.25, 0.3) is 0 Å². The molecule has 2 rings (SSSR count). The van der Waals surface area contributed by atoms with Crippen molar-refractivity contribution in [3.63, 3.8) is 0 Å². The Morgan fingerprint density at radius 3 is 2.59 bits per heavy atom. The van der Waals surface area contributed by atoms with Gasteiger partial charge in [0, 0.05) is 6.04 Å². The molecule has 1 aromatic carbocycles. The number of halogens is 1. The normalized spacial score (nSPS) is 15.8. The lowest BCUT2D eigenvalue weighted by molar-refractivity contribution is -0.255. The van der Waals surface area contributed by atoms with Gasteiger partial charge in [0.1, 0.15) is 4.90 Å². The van der Waals surface area contributed by atoms with Crippen LogP contribution < -0.4 is 9.83 Å². The summed E-state index contributed by atoms with van der Waals surface area (Å²) in [6.07, 6.45) is 1.58. The number of sulfonamides is 1. The van der Waals surface area contributed by atoms with E-state index in [1.807, 2.05) is 0 Å². The fourth-order valence-corrected chi connectivity index (χ4v) is 3.15. The standard InChI is InChI=1S/C10H10ClNO4S/c11-8-4-1-6(10(13)14)5-9(8)17(15,16)12-7-2-3-7/h1,4-5,7,12H,2-3H2,(H,13,14)/p-1. The number of rotatable bonds is 4. The number of hydrogen-bond donors (Lipinski definition) is 1. The molecule has 1 aliphatic rings. The van der Waals surface area contributed by atoms with Crippen LogP contribution in [0.25, 0.3) is 0 Å². The van der Waals surface area contributed by atoms with Gasteiger partial charge in [0.05, 0.1) is 11.0 Å². The molecule has 0 aliphatic heterocycles. The lowest BCUT2D eigenvalue weighted by Gasteiger charge is -2.10. The molecule has 1 saturated carbocycles. The SMILES string of the molecule is O=C([O-])c1ccc(Cl)c(S(=O)(=O)NC2CC2)c1. The Morgan fingerprint density at radius 2 is 2.06 bits per heavy atom. The van der Waals surface area contributed by atoms with Gasteiger partial charge >= 0.3 is 0 Å². The molecule has 1 aliphatic carbocycles. The highest BCUT2D eigenvalue weighted by atomic mass is 35.5. The second kappa shape index (κ2) is 4.29. The third-order valence-electron chi connectivity index (χ3n) is 2.36. The molecule has 1 N–H and O–H groups in total. The maximum atomic E-state index is 11.9. The zero-order chi connectivity index (χ0) is 12.6. The molecule has 92 valence electrons. The number of benzene rings is 1. The molecule has 17 heavy (non-hydrogen) atoms. The molecular formula is C10H9ClNO4S-. The van der Waals surface area contributed by atoms with Crippen LogP contribution in [0.4, 0.5) is 0 Å². The predicted octanol–water partition coefficient (Wildman–Crippen LogP) is 0.144. The van der Waals surface area contributed by atoms with Crippen LogP contribution in [0.1, 0.15) is 23.2 Å². The first kappa shape index (κ1) is 12.3. The third kappa shape index (κ3) is 2.77. The molecular weight excluding hydrogens is 266 g/mol. The van der Waals surface area contributed by atoms with Crippen LogP contribution in [0.15, 0.2) is 23.1 Å². The van der Waals surface area contributed by atoms with Crippen LogP contribution in [-0.2, 0) is 10.0 Å². The summed E-state index contributed by atoms with van der Waals surface area (Å²) in [5.41, 5.74) is -0.217. The molecule has 1 aromatic rings. The first-order valence-corrected chi connectivity index (χ1v) is 6.79. The van der Waals surface area contributed by atoms with Gasteiger partial charge < -0.3 is 9.90 Å². The van der Waals surface area contributed by atoms with E-state index in [9.17, 15) is 18.3 Å². The number of carbonyl (C=O) groups is 1. The summed E-state index contributed by atoms with van der Waals surface area (Å²) in [5.74, 6) is -1.44. The van der Waals surface area contributed by atoms with E-state index in [4.69, 9.17) is 11.6 Å². The minimum atomic E-state index is -3.76. The first-order valence-electron chi connectivity index (χ1n) is 4.93. The van der Waals surface area contributed by atoms with Gasteiger partial charge in [-0.1, -0.05) is 17.7 Å². The van der Waals surface area contributed by atoms with Crippen molar-refractivity contribution in [2.75, 3.05) is 0 Å². The molecule has 0 amide bonds. The topological polar surface area (TPSA) is 86.3 Å². The molecule has 7 heteroatoms. The van der Waals surface area contributed by atoms with E-state index in [2.05, 4.69) is 4.72 Å². The van der Waals surface area contributed by atoms with Crippen LogP contribution in [0, 0.1) is 0 Å². The molecule has 0 saturated heterocycles. The number of carboxylic acids is 1. The monoisotopic (exact) mass is 274 g/mol. The van der Waals surface area contributed by atoms with E-state index in [1.54, 1.807) is 0 Å². The summed E-state index contributed by atoms with van der Waals surface area (Å²) in [6.45, 7) is 0. The summed E-state index contributed by atoms with van der Waals surface area (Å²) < 4.78 is 26.2. The molecule has 0 bridgehead atoms. The Labute approximate surface area is 103 Å². The van der Waals surface area contributed by atoms with Crippen molar-refractivity contribution in [1.82, 2.24) is 4.72 Å². The number of aromatic carboxylic acids is 1. The van der Waals surface area contributed by atoms with Gasteiger partial charge in [-0.15, -0.1) is 0 Å². The third-order valence-corrected chi connectivity index (χ3v) is 4.36. The Balaban J connectivity index is 2.42. The molecule has 0 atom stereocenters. The van der Waals surface area contributed by atoms with E-state index >= 15 is 0 Å². The summed E-state index contributed by atoms with van der Waals surface area (Å²) in [6, 6.07) is 3.37. The van der Waals surface area contributed by atoms with Gasteiger partial charge in [-0.05, 0) is 30.5 Å². The highest BCUT2D eigenvalue weighted by molar-refractivity contribution is 7.89. The van der Waals surface area contributed by atoms with Crippen LogP contribution in [0.2, 0.25) is 5.02 Å². The smallest absolute Gasteiger partial charge is 0.242 e. The lowest BCUT2D eigenvalue weighted by atomic mass is 10.2. The Morgan fingerprint density at radius 1 is 1.41 bits per heavy atom. The van der Waals surface area contributed by atoms with Crippen molar-refractivity contribution in [3.8, 4) is 0 Å². The predicted molar refractivity (Wildman–Crippen MR) is 59.1 cm³/mol. The van der Waals surface area contributed by atoms with Crippen molar-refractivity contribution in [3.05, 3.63) is 28.8 Å². The van der Waals surface area contributed by atoms with E-state index < -0.39 is 16.0 Å². The van der Waals surface area contributed by atoms with Gasteiger partial charge in [-0.25, -0.2) is 13.1 Å². The Hall–Kier alpha value is -1.11. The van der Waals surface area contributed by atoms with Crippen molar-refractivity contribution >= 4 is 27.6 Å². The fourth-order valence-electron chi connectivity index (χ4n) is 1.32. The summed E-state index contributed by atoms with van der Waals surface area (Å²) >= 11 is 5.76. The van der Waals surface area contributed by atoms with Crippen LogP contribution >= 0.6 is 11.6 Å². The second-order valence-corrected chi connectivity index (χ2v) is 5.92. The van der Waals surface area contributed by atoms with Crippen molar-refractivity contribution < 1.29 is 18.3 Å². The van der Waals surface area contributed by atoms with Gasteiger partial charge in [0.2, 0.25) is 10.0 Å². The van der Waals surface area contributed by atoms with Gasteiger partial charge in [-0.3, -0.25) is 0 Å². The van der Waals surface area contributed by atoms with E-state index in [0.29, 0.717) is 0 Å². The highest BCUT2D eigenvalue weighted by Crippen LogP contribution is 2.26. The first-order chi connectivity index (χ1) is 7.90. The fraction of sp³-hybridized carbons (Fsp3) is 0.300. The zero-order valence-corrected chi connectivity index (χ0v) is 10.2. The summed E-state index contributed by atoms with van der Waals surface area (Å²) in [7, 11) is -3.76. The van der Waals surface area contributed by atoms with E-state index in [1.165, 1.54) is 12.1 Å². The van der Waals surface area contributed by atoms with E-state index in [0.717, 1.165) is 18.9 Å². The van der Waals surface area contributed by atoms with E-state index in [-0.39, 0.29) is 21.5 Å². The number of carbonyl (C=O) groups excluding carboxylic acids is 1. The summed E-state index contributed by atoms with van der Waals surface area (Å²) in [5, 5.41) is 10.6. The minimum Gasteiger partial charge on any atom is -0.545 e.